The van der Waals surface area contributed by atoms with Crippen molar-refractivity contribution in [3.63, 3.8) is 0 Å². The third kappa shape index (κ3) is 3.91. The molecule has 0 aromatic heterocycles. The minimum absolute atomic E-state index is 0.101. The Kier molecular flexibility index (Phi) is 4.94. The molecule has 0 bridgehead atoms. The number of hydrogen-bond acceptors (Lipinski definition) is 2. The predicted octanol–water partition coefficient (Wildman–Crippen LogP) is 5.77. The Bertz CT molecular complexity index is 724. The number of carbonyl (C=O) groups is 1. The second-order valence-corrected chi connectivity index (χ2v) is 6.58. The minimum atomic E-state index is 0.101. The molecule has 0 heterocycles. The number of thioether (sulfide) groups is 1. The maximum absolute atomic E-state index is 11.4. The number of hydrogen-bond donors (Lipinski definition) is 0. The smallest absolute Gasteiger partial charge is 0.159 e. The molecule has 0 radical (unpaired) electrons. The molecule has 3 aromatic rings. The third-order valence-corrected chi connectivity index (χ3v) is 5.04. The summed E-state index contributed by atoms with van der Waals surface area (Å²) in [6.07, 6.45) is 0. The fraction of sp³-hybridized carbons (Fsp3) is 0.0952. The van der Waals surface area contributed by atoms with E-state index in [1.165, 1.54) is 11.1 Å². The van der Waals surface area contributed by atoms with E-state index < -0.39 is 0 Å². The van der Waals surface area contributed by atoms with Crippen molar-refractivity contribution in [1.82, 2.24) is 0 Å². The quantitative estimate of drug-likeness (QED) is 0.439. The van der Waals surface area contributed by atoms with E-state index in [-0.39, 0.29) is 11.0 Å². The molecule has 23 heavy (non-hydrogen) atoms. The van der Waals surface area contributed by atoms with Gasteiger partial charge < -0.3 is 0 Å². The minimum Gasteiger partial charge on any atom is -0.295 e. The summed E-state index contributed by atoms with van der Waals surface area (Å²) in [6, 6.07) is 28.9. The largest absolute Gasteiger partial charge is 0.295 e. The summed E-state index contributed by atoms with van der Waals surface area (Å²) in [5, 5.41) is 0.237. The van der Waals surface area contributed by atoms with Gasteiger partial charge in [0.15, 0.2) is 5.78 Å². The second-order valence-electron chi connectivity index (χ2n) is 5.40. The molecule has 0 aliphatic carbocycles. The summed E-state index contributed by atoms with van der Waals surface area (Å²) in [5.74, 6) is 0.101. The zero-order chi connectivity index (χ0) is 16.1. The van der Waals surface area contributed by atoms with Crippen LogP contribution >= 0.6 is 11.8 Å². The van der Waals surface area contributed by atoms with Gasteiger partial charge in [-0.05, 0) is 30.2 Å². The average Bonchev–Trinajstić information content (AvgIpc) is 2.61. The SMILES string of the molecule is CC(=O)c1ccc(SC(c2ccccc2)c2ccccc2)cc1. The van der Waals surface area contributed by atoms with Gasteiger partial charge in [-0.25, -0.2) is 0 Å². The van der Waals surface area contributed by atoms with Crippen LogP contribution in [0.2, 0.25) is 0 Å². The molecule has 2 heteroatoms. The lowest BCUT2D eigenvalue weighted by atomic mass is 10.0. The third-order valence-electron chi connectivity index (χ3n) is 3.72. The van der Waals surface area contributed by atoms with Crippen LogP contribution in [-0.4, -0.2) is 5.78 Å². The van der Waals surface area contributed by atoms with Gasteiger partial charge in [0.25, 0.3) is 0 Å². The van der Waals surface area contributed by atoms with Crippen LogP contribution in [0.3, 0.4) is 0 Å². The molecule has 0 atom stereocenters. The molecule has 0 saturated heterocycles. The lowest BCUT2D eigenvalue weighted by Gasteiger charge is -2.18. The van der Waals surface area contributed by atoms with E-state index in [0.29, 0.717) is 0 Å². The molecule has 1 nitrogen and oxygen atoms in total. The number of rotatable bonds is 5. The van der Waals surface area contributed by atoms with Gasteiger partial charge in [0.2, 0.25) is 0 Å². The first-order valence-electron chi connectivity index (χ1n) is 7.61. The highest BCUT2D eigenvalue weighted by Crippen LogP contribution is 2.40. The summed E-state index contributed by atoms with van der Waals surface area (Å²) >= 11 is 1.80. The molecule has 0 fully saturated rings. The van der Waals surface area contributed by atoms with Gasteiger partial charge in [-0.2, -0.15) is 0 Å². The first-order chi connectivity index (χ1) is 11.2. The Morgan fingerprint density at radius 3 is 1.65 bits per heavy atom. The topological polar surface area (TPSA) is 17.1 Å². The Balaban J connectivity index is 1.92. The van der Waals surface area contributed by atoms with E-state index in [9.17, 15) is 4.79 Å². The highest BCUT2D eigenvalue weighted by atomic mass is 32.2. The second kappa shape index (κ2) is 7.30. The van der Waals surface area contributed by atoms with Crippen LogP contribution in [0.4, 0.5) is 0 Å². The van der Waals surface area contributed by atoms with Crippen LogP contribution in [0.25, 0.3) is 0 Å². The number of benzene rings is 3. The normalized spacial score (nSPS) is 10.7. The standard InChI is InChI=1S/C21H18OS/c1-16(22)17-12-14-20(15-13-17)23-21(18-8-4-2-5-9-18)19-10-6-3-7-11-19/h2-15,21H,1H3. The van der Waals surface area contributed by atoms with Crippen molar-refractivity contribution in [3.8, 4) is 0 Å². The Labute approximate surface area is 141 Å². The van der Waals surface area contributed by atoms with Crippen molar-refractivity contribution in [3.05, 3.63) is 102 Å². The lowest BCUT2D eigenvalue weighted by Crippen LogP contribution is -1.97. The number of Topliss-reactive ketones (excluding diaryl/α,β-unsaturated/α-hetero) is 1. The van der Waals surface area contributed by atoms with Gasteiger partial charge >= 0.3 is 0 Å². The fourth-order valence-electron chi connectivity index (χ4n) is 2.49. The average molecular weight is 318 g/mol. The molecular weight excluding hydrogens is 300 g/mol. The first kappa shape index (κ1) is 15.6. The van der Waals surface area contributed by atoms with Crippen LogP contribution in [-0.2, 0) is 0 Å². The molecule has 114 valence electrons. The van der Waals surface area contributed by atoms with Crippen LogP contribution in [0.5, 0.6) is 0 Å². The summed E-state index contributed by atoms with van der Waals surface area (Å²) in [4.78, 5) is 12.6. The van der Waals surface area contributed by atoms with E-state index in [1.807, 2.05) is 36.4 Å². The van der Waals surface area contributed by atoms with Gasteiger partial charge in [-0.3, -0.25) is 4.79 Å². The lowest BCUT2D eigenvalue weighted by molar-refractivity contribution is 0.101. The highest BCUT2D eigenvalue weighted by molar-refractivity contribution is 7.99. The molecule has 0 spiro atoms. The molecule has 0 aliphatic rings. The van der Waals surface area contributed by atoms with Gasteiger partial charge in [0.05, 0.1) is 5.25 Å². The fourth-order valence-corrected chi connectivity index (χ4v) is 3.64. The van der Waals surface area contributed by atoms with Gasteiger partial charge in [-0.1, -0.05) is 72.8 Å². The van der Waals surface area contributed by atoms with Crippen molar-refractivity contribution in [2.45, 2.75) is 17.1 Å². The van der Waals surface area contributed by atoms with E-state index in [0.717, 1.165) is 10.5 Å². The first-order valence-corrected chi connectivity index (χ1v) is 8.49. The zero-order valence-corrected chi connectivity index (χ0v) is 13.8. The van der Waals surface area contributed by atoms with Crippen molar-refractivity contribution >= 4 is 17.5 Å². The van der Waals surface area contributed by atoms with Gasteiger partial charge in [-0.15, -0.1) is 11.8 Å². The molecule has 3 aromatic carbocycles. The molecular formula is C21H18OS. The van der Waals surface area contributed by atoms with E-state index in [1.54, 1.807) is 18.7 Å². The highest BCUT2D eigenvalue weighted by Gasteiger charge is 2.15. The van der Waals surface area contributed by atoms with Crippen LogP contribution < -0.4 is 0 Å². The van der Waals surface area contributed by atoms with Crippen LogP contribution in [0.15, 0.2) is 89.8 Å². The predicted molar refractivity (Wildman–Crippen MR) is 97.0 cm³/mol. The summed E-state index contributed by atoms with van der Waals surface area (Å²) < 4.78 is 0. The molecule has 0 N–H and O–H groups in total. The van der Waals surface area contributed by atoms with Crippen LogP contribution in [0.1, 0.15) is 33.7 Å². The molecule has 0 aliphatic heterocycles. The number of carbonyl (C=O) groups excluding carboxylic acids is 1. The molecule has 0 unspecified atom stereocenters. The van der Waals surface area contributed by atoms with Crippen LogP contribution in [0, 0.1) is 0 Å². The van der Waals surface area contributed by atoms with Gasteiger partial charge in [0.1, 0.15) is 0 Å². The zero-order valence-electron chi connectivity index (χ0n) is 13.0. The molecule has 0 amide bonds. The Morgan fingerprint density at radius 2 is 1.22 bits per heavy atom. The van der Waals surface area contributed by atoms with Crippen molar-refractivity contribution in [2.24, 2.45) is 0 Å². The monoisotopic (exact) mass is 318 g/mol. The molecule has 0 saturated carbocycles. The molecule has 3 rings (SSSR count). The maximum Gasteiger partial charge on any atom is 0.159 e. The van der Waals surface area contributed by atoms with Gasteiger partial charge in [0, 0.05) is 10.5 Å². The maximum atomic E-state index is 11.4. The van der Waals surface area contributed by atoms with Crippen molar-refractivity contribution in [2.75, 3.05) is 0 Å². The van der Waals surface area contributed by atoms with Crippen molar-refractivity contribution in [1.29, 1.82) is 0 Å². The van der Waals surface area contributed by atoms with E-state index in [4.69, 9.17) is 0 Å². The van der Waals surface area contributed by atoms with Crippen molar-refractivity contribution < 1.29 is 4.79 Å². The Hall–Kier alpha value is -2.32. The summed E-state index contributed by atoms with van der Waals surface area (Å²) in [7, 11) is 0. The van der Waals surface area contributed by atoms with E-state index in [2.05, 4.69) is 48.5 Å². The summed E-state index contributed by atoms with van der Waals surface area (Å²) in [6.45, 7) is 1.60. The Morgan fingerprint density at radius 1 is 0.739 bits per heavy atom. The number of ketones is 1. The summed E-state index contributed by atoms with van der Waals surface area (Å²) in [5.41, 5.74) is 3.31. The van der Waals surface area contributed by atoms with E-state index >= 15 is 0 Å².